The van der Waals surface area contributed by atoms with Crippen LogP contribution in [0.3, 0.4) is 0 Å². The van der Waals surface area contributed by atoms with Crippen molar-refractivity contribution < 1.29 is 9.50 Å². The minimum Gasteiger partial charge on any atom is -0.508 e. The van der Waals surface area contributed by atoms with E-state index in [0.29, 0.717) is 5.56 Å². The van der Waals surface area contributed by atoms with Crippen LogP contribution in [0.5, 0.6) is 5.75 Å². The Bertz CT molecular complexity index is 238. The minimum absolute atomic E-state index is 0.0674. The summed E-state index contributed by atoms with van der Waals surface area (Å²) in [6, 6.07) is 2.39. The van der Waals surface area contributed by atoms with Crippen molar-refractivity contribution in [3.63, 3.8) is 0 Å². The molecule has 0 fully saturated rings. The summed E-state index contributed by atoms with van der Waals surface area (Å²) in [5, 5.41) is 8.89. The van der Waals surface area contributed by atoms with Crippen LogP contribution in [0.2, 0.25) is 5.02 Å². The van der Waals surface area contributed by atoms with Crippen LogP contribution < -0.4 is 0 Å². The molecule has 68 valence electrons. The van der Waals surface area contributed by atoms with E-state index < -0.39 is 5.82 Å². The first-order valence-electron chi connectivity index (χ1n) is 3.76. The van der Waals surface area contributed by atoms with Gasteiger partial charge in [0.25, 0.3) is 0 Å². The van der Waals surface area contributed by atoms with Gasteiger partial charge < -0.3 is 5.11 Å². The number of aromatic hydroxyl groups is 1. The average molecular weight is 191 g/mol. The molecular weight excluding hydrogens is 179 g/mol. The molecule has 0 unspecified atom stereocenters. The number of hydrogen-bond donors (Lipinski definition) is 1. The van der Waals surface area contributed by atoms with Crippen molar-refractivity contribution >= 4 is 11.6 Å². The molecule has 0 radical (unpaired) electrons. The van der Waals surface area contributed by atoms with Gasteiger partial charge in [0.15, 0.2) is 0 Å². The quantitative estimate of drug-likeness (QED) is 0.664. The van der Waals surface area contributed by atoms with Gasteiger partial charge >= 0.3 is 0 Å². The van der Waals surface area contributed by atoms with Crippen LogP contribution in [-0.4, -0.2) is 5.11 Å². The number of phenols is 1. The van der Waals surface area contributed by atoms with Gasteiger partial charge in [-0.2, -0.15) is 0 Å². The Morgan fingerprint density at radius 2 is 1.83 bits per heavy atom. The number of rotatable bonds is 0. The molecule has 1 nitrogen and oxygen atoms in total. The molecule has 0 aliphatic rings. The molecule has 1 aromatic rings. The number of hydrogen-bond acceptors (Lipinski definition) is 1. The zero-order valence-corrected chi connectivity index (χ0v) is 8.11. The molecule has 1 aromatic carbocycles. The monoisotopic (exact) mass is 190 g/mol. The number of halogens is 2. The second-order valence-corrected chi connectivity index (χ2v) is 2.44. The molecule has 12 heavy (non-hydrogen) atoms. The zero-order chi connectivity index (χ0) is 9.72. The largest absolute Gasteiger partial charge is 0.508 e. The predicted molar refractivity (Wildman–Crippen MR) is 49.2 cm³/mol. The second kappa shape index (κ2) is 4.99. The summed E-state index contributed by atoms with van der Waals surface area (Å²) in [5.74, 6) is -0.682. The summed E-state index contributed by atoms with van der Waals surface area (Å²) in [5.41, 5.74) is 0.541. The molecule has 3 heteroatoms. The molecular formula is C9H12ClFO. The van der Waals surface area contributed by atoms with Crippen molar-refractivity contribution in [2.45, 2.75) is 20.8 Å². The molecule has 0 atom stereocenters. The topological polar surface area (TPSA) is 20.2 Å². The van der Waals surface area contributed by atoms with Crippen molar-refractivity contribution in [1.29, 1.82) is 0 Å². The summed E-state index contributed by atoms with van der Waals surface area (Å²) in [6.45, 7) is 5.63. The van der Waals surface area contributed by atoms with Crippen LogP contribution in [0, 0.1) is 12.7 Å². The highest BCUT2D eigenvalue weighted by molar-refractivity contribution is 6.31. The lowest BCUT2D eigenvalue weighted by Crippen LogP contribution is -1.80. The third-order valence-corrected chi connectivity index (χ3v) is 1.67. The van der Waals surface area contributed by atoms with E-state index in [2.05, 4.69) is 0 Å². The van der Waals surface area contributed by atoms with Crippen LogP contribution in [0.15, 0.2) is 12.1 Å². The maximum atomic E-state index is 12.5. The van der Waals surface area contributed by atoms with Gasteiger partial charge in [-0.1, -0.05) is 25.4 Å². The maximum Gasteiger partial charge on any atom is 0.145 e. The van der Waals surface area contributed by atoms with Gasteiger partial charge in [-0.25, -0.2) is 4.39 Å². The molecule has 0 amide bonds. The van der Waals surface area contributed by atoms with E-state index in [1.165, 1.54) is 6.07 Å². The predicted octanol–water partition coefficient (Wildman–Crippen LogP) is 3.52. The van der Waals surface area contributed by atoms with Crippen LogP contribution in [0.1, 0.15) is 19.4 Å². The average Bonchev–Trinajstić information content (AvgIpc) is 2.04. The Kier molecular flexibility index (Phi) is 4.67. The SMILES string of the molecule is CC.Cc1cc(O)cc(F)c1Cl. The van der Waals surface area contributed by atoms with Crippen LogP contribution in [-0.2, 0) is 0 Å². The van der Waals surface area contributed by atoms with Crippen molar-refractivity contribution in [3.8, 4) is 5.75 Å². The minimum atomic E-state index is -0.584. The lowest BCUT2D eigenvalue weighted by atomic mass is 10.2. The molecule has 0 saturated carbocycles. The number of aryl methyl sites for hydroxylation is 1. The first kappa shape index (κ1) is 11.2. The van der Waals surface area contributed by atoms with Gasteiger partial charge in [-0.15, -0.1) is 0 Å². The van der Waals surface area contributed by atoms with Crippen molar-refractivity contribution in [2.24, 2.45) is 0 Å². The summed E-state index contributed by atoms with van der Waals surface area (Å²) in [7, 11) is 0. The lowest BCUT2D eigenvalue weighted by molar-refractivity contribution is 0.468. The second-order valence-electron chi connectivity index (χ2n) is 2.06. The van der Waals surface area contributed by atoms with Gasteiger partial charge in [-0.3, -0.25) is 0 Å². The Hall–Kier alpha value is -0.760. The first-order chi connectivity index (χ1) is 5.61. The van der Waals surface area contributed by atoms with Crippen LogP contribution >= 0.6 is 11.6 Å². The van der Waals surface area contributed by atoms with E-state index in [4.69, 9.17) is 16.7 Å². The van der Waals surface area contributed by atoms with E-state index in [9.17, 15) is 4.39 Å². The molecule has 0 aromatic heterocycles. The third-order valence-electron chi connectivity index (χ3n) is 1.19. The summed E-state index contributed by atoms with van der Waals surface area (Å²) >= 11 is 5.46. The Balaban J connectivity index is 0.000000561. The van der Waals surface area contributed by atoms with Crippen molar-refractivity contribution in [1.82, 2.24) is 0 Å². The first-order valence-corrected chi connectivity index (χ1v) is 4.13. The van der Waals surface area contributed by atoms with E-state index in [1.807, 2.05) is 13.8 Å². The van der Waals surface area contributed by atoms with Gasteiger partial charge in [0.1, 0.15) is 11.6 Å². The van der Waals surface area contributed by atoms with Gasteiger partial charge in [0, 0.05) is 6.07 Å². The molecule has 0 bridgehead atoms. The highest BCUT2D eigenvalue weighted by atomic mass is 35.5. The molecule has 1 rings (SSSR count). The molecule has 0 saturated heterocycles. The Labute approximate surface area is 76.8 Å². The maximum absolute atomic E-state index is 12.5. The lowest BCUT2D eigenvalue weighted by Gasteiger charge is -1.98. The van der Waals surface area contributed by atoms with Crippen molar-refractivity contribution in [2.75, 3.05) is 0 Å². The third kappa shape index (κ3) is 2.70. The molecule has 0 heterocycles. The fourth-order valence-electron chi connectivity index (χ4n) is 0.708. The Morgan fingerprint density at radius 3 is 2.25 bits per heavy atom. The Morgan fingerprint density at radius 1 is 1.33 bits per heavy atom. The van der Waals surface area contributed by atoms with E-state index in [0.717, 1.165) is 6.07 Å². The van der Waals surface area contributed by atoms with E-state index in [1.54, 1.807) is 6.92 Å². The molecule has 0 aliphatic heterocycles. The highest BCUT2D eigenvalue weighted by Crippen LogP contribution is 2.23. The van der Waals surface area contributed by atoms with E-state index in [-0.39, 0.29) is 10.8 Å². The fourth-order valence-corrected chi connectivity index (χ4v) is 0.818. The number of benzene rings is 1. The number of phenolic OH excluding ortho intramolecular Hbond substituents is 1. The summed E-state index contributed by atoms with van der Waals surface area (Å²) < 4.78 is 12.5. The fraction of sp³-hybridized carbons (Fsp3) is 0.333. The molecule has 1 N–H and O–H groups in total. The smallest absolute Gasteiger partial charge is 0.145 e. The van der Waals surface area contributed by atoms with Gasteiger partial charge in [0.2, 0.25) is 0 Å². The highest BCUT2D eigenvalue weighted by Gasteiger charge is 2.03. The van der Waals surface area contributed by atoms with Crippen LogP contribution in [0.4, 0.5) is 4.39 Å². The summed E-state index contributed by atoms with van der Waals surface area (Å²) in [6.07, 6.45) is 0. The normalized spacial score (nSPS) is 8.75. The standard InChI is InChI=1S/C7H6ClFO.C2H6/c1-4-2-5(10)3-6(9)7(4)8;1-2/h2-3,10H,1H3;1-2H3. The van der Waals surface area contributed by atoms with E-state index >= 15 is 0 Å². The molecule has 0 aliphatic carbocycles. The zero-order valence-electron chi connectivity index (χ0n) is 7.36. The molecule has 0 spiro atoms. The van der Waals surface area contributed by atoms with Gasteiger partial charge in [-0.05, 0) is 18.6 Å². The van der Waals surface area contributed by atoms with Crippen molar-refractivity contribution in [3.05, 3.63) is 28.5 Å². The van der Waals surface area contributed by atoms with Gasteiger partial charge in [0.05, 0.1) is 5.02 Å². The summed E-state index contributed by atoms with van der Waals surface area (Å²) in [4.78, 5) is 0. The van der Waals surface area contributed by atoms with Crippen LogP contribution in [0.25, 0.3) is 0 Å².